The van der Waals surface area contributed by atoms with Gasteiger partial charge in [-0.05, 0) is 12.0 Å². The Kier molecular flexibility index (Phi) is 2.87. The number of ether oxygens (including phenoxy) is 3. The molecule has 0 spiro atoms. The minimum atomic E-state index is -1.39. The number of methoxy groups -OCH3 is 1. The Bertz CT molecular complexity index is 991. The average Bonchev–Trinajstić information content (AvgIpc) is 3.21. The summed E-state index contributed by atoms with van der Waals surface area (Å²) >= 11 is 0. The van der Waals surface area contributed by atoms with E-state index in [-0.39, 0.29) is 23.4 Å². The molecule has 2 aliphatic heterocycles. The number of carbonyl (C=O) groups excluding carboxylic acids is 1. The Labute approximate surface area is 140 Å². The molecular weight excluding hydrogens is 332 g/mol. The first-order chi connectivity index (χ1) is 12.0. The number of ketones is 1. The molecular formula is C17H14O8. The van der Waals surface area contributed by atoms with Gasteiger partial charge in [0.05, 0.1) is 24.0 Å². The van der Waals surface area contributed by atoms with E-state index >= 15 is 0 Å². The van der Waals surface area contributed by atoms with Crippen LogP contribution in [0.5, 0.6) is 11.5 Å². The zero-order valence-electron chi connectivity index (χ0n) is 13.1. The van der Waals surface area contributed by atoms with Crippen molar-refractivity contribution in [1.29, 1.82) is 0 Å². The first-order valence-electron chi connectivity index (χ1n) is 7.93. The Morgan fingerprint density at radius 3 is 2.80 bits per heavy atom. The van der Waals surface area contributed by atoms with Crippen LogP contribution in [-0.2, 0) is 11.2 Å². The lowest BCUT2D eigenvalue weighted by molar-refractivity contribution is -0.165. The molecule has 0 amide bonds. The van der Waals surface area contributed by atoms with Crippen LogP contribution in [0, 0.1) is 0 Å². The van der Waals surface area contributed by atoms with Gasteiger partial charge in [-0.3, -0.25) is 4.79 Å². The zero-order chi connectivity index (χ0) is 17.5. The molecule has 2 aromatic rings. The van der Waals surface area contributed by atoms with Crippen molar-refractivity contribution in [2.45, 2.75) is 37.4 Å². The summed E-state index contributed by atoms with van der Waals surface area (Å²) in [5.41, 5.74) is 0.594. The van der Waals surface area contributed by atoms with Crippen molar-refractivity contribution in [3.63, 3.8) is 0 Å². The molecule has 0 saturated carbocycles. The fourth-order valence-electron chi connectivity index (χ4n) is 4.05. The maximum Gasteiger partial charge on any atom is 0.347 e. The number of Topliss-reactive ketones (excluding diaryl/α,β-unsaturated/α-hetero) is 1. The van der Waals surface area contributed by atoms with E-state index in [1.165, 1.54) is 7.11 Å². The number of aliphatic hydroxyl groups excluding tert-OH is 2. The summed E-state index contributed by atoms with van der Waals surface area (Å²) in [7, 11) is 1.47. The minimum absolute atomic E-state index is 0.0597. The number of hydrogen-bond acceptors (Lipinski definition) is 8. The number of rotatable bonds is 1. The van der Waals surface area contributed by atoms with Crippen molar-refractivity contribution in [1.82, 2.24) is 0 Å². The molecule has 25 heavy (non-hydrogen) atoms. The van der Waals surface area contributed by atoms with Crippen LogP contribution in [0.25, 0.3) is 11.0 Å². The van der Waals surface area contributed by atoms with E-state index in [0.717, 1.165) is 0 Å². The van der Waals surface area contributed by atoms with E-state index < -0.39 is 30.2 Å². The summed E-state index contributed by atoms with van der Waals surface area (Å²) in [6.45, 7) is 0. The van der Waals surface area contributed by atoms with Gasteiger partial charge >= 0.3 is 5.63 Å². The fourth-order valence-corrected chi connectivity index (χ4v) is 4.05. The first kappa shape index (κ1) is 14.9. The standard InChI is InChI=1S/C17H14O8/c1-22-7-4-8-11(12-13(19)16(21)25-17(12)23-8)14-10(7)5-2-3-6(18)9(5)15(20)24-14/h4,12-13,16-17,19,21H,2-3H2,1H3/t12-,13-,16?,17+/m1/s1. The molecule has 1 unspecified atom stereocenters. The summed E-state index contributed by atoms with van der Waals surface area (Å²) in [6, 6.07) is 1.63. The second-order valence-corrected chi connectivity index (χ2v) is 6.39. The highest BCUT2D eigenvalue weighted by Crippen LogP contribution is 2.52. The summed E-state index contributed by atoms with van der Waals surface area (Å²) in [5, 5.41) is 20.5. The average molecular weight is 346 g/mol. The number of fused-ring (bicyclic) bond motifs is 7. The molecule has 130 valence electrons. The highest BCUT2D eigenvalue weighted by Gasteiger charge is 2.52. The molecule has 3 aliphatic rings. The maximum atomic E-state index is 12.4. The number of hydrogen-bond donors (Lipinski definition) is 2. The predicted octanol–water partition coefficient (Wildman–Crippen LogP) is 0.442. The maximum absolute atomic E-state index is 12.4. The molecule has 1 fully saturated rings. The minimum Gasteiger partial charge on any atom is -0.496 e. The van der Waals surface area contributed by atoms with Crippen LogP contribution < -0.4 is 15.1 Å². The molecule has 1 aliphatic carbocycles. The SMILES string of the molecule is COc1cc2c(c3oc(=O)c4c(c13)CCC4=O)[C@H]1[C@@H](O2)OC(O)[C@@H]1O. The Morgan fingerprint density at radius 2 is 2.04 bits per heavy atom. The van der Waals surface area contributed by atoms with Gasteiger partial charge < -0.3 is 28.8 Å². The van der Waals surface area contributed by atoms with Crippen LogP contribution in [-0.4, -0.2) is 41.8 Å². The molecule has 8 heteroatoms. The lowest BCUT2D eigenvalue weighted by Gasteiger charge is -2.16. The molecule has 1 aromatic carbocycles. The zero-order valence-corrected chi connectivity index (χ0v) is 13.1. The number of benzene rings is 1. The second kappa shape index (κ2) is 4.81. The molecule has 0 radical (unpaired) electrons. The molecule has 5 rings (SSSR count). The molecule has 2 N–H and O–H groups in total. The summed E-state index contributed by atoms with van der Waals surface area (Å²) in [6.07, 6.45) is -2.82. The van der Waals surface area contributed by atoms with Crippen molar-refractivity contribution < 1.29 is 33.6 Å². The topological polar surface area (TPSA) is 115 Å². The highest BCUT2D eigenvalue weighted by molar-refractivity contribution is 6.06. The quantitative estimate of drug-likeness (QED) is 0.715. The van der Waals surface area contributed by atoms with Gasteiger partial charge in [0.25, 0.3) is 0 Å². The van der Waals surface area contributed by atoms with E-state index in [4.69, 9.17) is 18.6 Å². The number of aliphatic hydroxyl groups is 2. The highest BCUT2D eigenvalue weighted by atomic mass is 16.7. The van der Waals surface area contributed by atoms with E-state index in [1.54, 1.807) is 6.07 Å². The Morgan fingerprint density at radius 1 is 1.24 bits per heavy atom. The van der Waals surface area contributed by atoms with Gasteiger partial charge in [0.2, 0.25) is 6.29 Å². The van der Waals surface area contributed by atoms with Crippen LogP contribution >= 0.6 is 0 Å². The van der Waals surface area contributed by atoms with E-state index in [1.807, 2.05) is 0 Å². The molecule has 1 saturated heterocycles. The predicted molar refractivity (Wildman–Crippen MR) is 81.9 cm³/mol. The van der Waals surface area contributed by atoms with E-state index in [2.05, 4.69) is 0 Å². The monoisotopic (exact) mass is 346 g/mol. The van der Waals surface area contributed by atoms with E-state index in [0.29, 0.717) is 34.4 Å². The normalized spacial score (nSPS) is 29.5. The number of carbonyl (C=O) groups is 1. The lowest BCUT2D eigenvalue weighted by Crippen LogP contribution is -2.24. The first-order valence-corrected chi connectivity index (χ1v) is 7.93. The fraction of sp³-hybridized carbons (Fsp3) is 0.412. The van der Waals surface area contributed by atoms with Crippen molar-refractivity contribution in [3.8, 4) is 11.5 Å². The third kappa shape index (κ3) is 1.76. The Hall–Kier alpha value is -2.42. The van der Waals surface area contributed by atoms with Crippen LogP contribution in [0.3, 0.4) is 0 Å². The summed E-state index contributed by atoms with van der Waals surface area (Å²) in [5.74, 6) is -0.171. The molecule has 3 heterocycles. The smallest absolute Gasteiger partial charge is 0.347 e. The van der Waals surface area contributed by atoms with Gasteiger partial charge in [-0.2, -0.15) is 0 Å². The molecule has 8 nitrogen and oxygen atoms in total. The van der Waals surface area contributed by atoms with Gasteiger partial charge in [-0.1, -0.05) is 0 Å². The van der Waals surface area contributed by atoms with Gasteiger partial charge in [0, 0.05) is 12.5 Å². The van der Waals surface area contributed by atoms with Gasteiger partial charge in [-0.25, -0.2) is 4.79 Å². The second-order valence-electron chi connectivity index (χ2n) is 6.39. The van der Waals surface area contributed by atoms with Gasteiger partial charge in [0.1, 0.15) is 28.7 Å². The molecule has 1 aromatic heterocycles. The van der Waals surface area contributed by atoms with E-state index in [9.17, 15) is 19.8 Å². The van der Waals surface area contributed by atoms with Crippen molar-refractivity contribution in [3.05, 3.63) is 33.2 Å². The molecule has 4 atom stereocenters. The Balaban J connectivity index is 1.88. The molecule has 0 bridgehead atoms. The van der Waals surface area contributed by atoms with Gasteiger partial charge in [-0.15, -0.1) is 0 Å². The van der Waals surface area contributed by atoms with Crippen molar-refractivity contribution in [2.24, 2.45) is 0 Å². The van der Waals surface area contributed by atoms with Crippen molar-refractivity contribution in [2.75, 3.05) is 7.11 Å². The largest absolute Gasteiger partial charge is 0.496 e. The van der Waals surface area contributed by atoms with Crippen LogP contribution in [0.2, 0.25) is 0 Å². The summed E-state index contributed by atoms with van der Waals surface area (Å²) in [4.78, 5) is 24.4. The number of aryl methyl sites for hydroxylation is 1. The van der Waals surface area contributed by atoms with Crippen molar-refractivity contribution >= 4 is 16.8 Å². The van der Waals surface area contributed by atoms with Crippen LogP contribution in [0.15, 0.2) is 15.3 Å². The van der Waals surface area contributed by atoms with Gasteiger partial charge in [0.15, 0.2) is 12.1 Å². The third-order valence-corrected chi connectivity index (χ3v) is 5.15. The lowest BCUT2D eigenvalue weighted by atomic mass is 9.92. The third-order valence-electron chi connectivity index (χ3n) is 5.15. The summed E-state index contributed by atoms with van der Waals surface area (Å²) < 4.78 is 21.7. The van der Waals surface area contributed by atoms with Crippen LogP contribution in [0.4, 0.5) is 0 Å². The van der Waals surface area contributed by atoms with Crippen LogP contribution in [0.1, 0.15) is 33.8 Å².